The van der Waals surface area contributed by atoms with Gasteiger partial charge >= 0.3 is 5.97 Å². The number of ketones is 1. The van der Waals surface area contributed by atoms with Crippen LogP contribution in [0.25, 0.3) is 0 Å². The fourth-order valence-corrected chi connectivity index (χ4v) is 0.704. The summed E-state index contributed by atoms with van der Waals surface area (Å²) >= 11 is 0. The number of aliphatic carboxylic acids is 1. The van der Waals surface area contributed by atoms with Crippen molar-refractivity contribution in [3.05, 3.63) is 23.8 Å². The Morgan fingerprint density at radius 2 is 2.00 bits per heavy atom. The van der Waals surface area contributed by atoms with Crippen molar-refractivity contribution in [2.45, 2.75) is 20.3 Å². The lowest BCUT2D eigenvalue weighted by Gasteiger charge is -1.95. The Morgan fingerprint density at radius 3 is 2.33 bits per heavy atom. The average Bonchev–Trinajstić information content (AvgIpc) is 2.05. The maximum atomic E-state index is 10.9. The zero-order valence-corrected chi connectivity index (χ0v) is 7.20. The summed E-state index contributed by atoms with van der Waals surface area (Å²) in [5.74, 6) is -2.22. The van der Waals surface area contributed by atoms with E-state index in [0.29, 0.717) is 12.0 Å². The summed E-state index contributed by atoms with van der Waals surface area (Å²) in [6.07, 6.45) is 5.36. The first-order valence-electron chi connectivity index (χ1n) is 3.73. The maximum Gasteiger partial charge on any atom is 0.376 e. The van der Waals surface area contributed by atoms with Crippen LogP contribution in [0, 0.1) is 0 Å². The molecular formula is C9H12O3. The molecule has 3 heteroatoms. The Kier molecular flexibility index (Phi) is 4.69. The van der Waals surface area contributed by atoms with Crippen LogP contribution in [-0.2, 0) is 9.59 Å². The van der Waals surface area contributed by atoms with Crippen LogP contribution in [0.15, 0.2) is 23.8 Å². The van der Waals surface area contributed by atoms with Crippen molar-refractivity contribution in [2.75, 3.05) is 0 Å². The van der Waals surface area contributed by atoms with Gasteiger partial charge in [0.2, 0.25) is 0 Å². The first-order chi connectivity index (χ1) is 5.63. The van der Waals surface area contributed by atoms with Crippen molar-refractivity contribution >= 4 is 11.8 Å². The van der Waals surface area contributed by atoms with E-state index >= 15 is 0 Å². The molecule has 0 heterocycles. The molecule has 0 aliphatic carbocycles. The molecule has 0 bridgehead atoms. The number of carboxylic acids is 1. The number of carboxylic acid groups (broad SMARTS) is 1. The van der Waals surface area contributed by atoms with E-state index in [1.165, 1.54) is 6.08 Å². The summed E-state index contributed by atoms with van der Waals surface area (Å²) in [7, 11) is 0. The van der Waals surface area contributed by atoms with Gasteiger partial charge in [-0.25, -0.2) is 4.79 Å². The summed E-state index contributed by atoms with van der Waals surface area (Å²) in [4.78, 5) is 21.1. The van der Waals surface area contributed by atoms with E-state index in [9.17, 15) is 9.59 Å². The molecule has 0 aromatic rings. The molecule has 66 valence electrons. The van der Waals surface area contributed by atoms with Gasteiger partial charge in [0.05, 0.1) is 0 Å². The Hall–Kier alpha value is -1.38. The molecule has 0 fully saturated rings. The van der Waals surface area contributed by atoms with Gasteiger partial charge in [0.15, 0.2) is 0 Å². The quantitative estimate of drug-likeness (QED) is 0.393. The molecule has 0 aromatic heterocycles. The Morgan fingerprint density at radius 1 is 1.42 bits per heavy atom. The summed E-state index contributed by atoms with van der Waals surface area (Å²) in [6, 6.07) is 0. The molecule has 0 aliphatic heterocycles. The molecule has 0 aliphatic rings. The second-order valence-electron chi connectivity index (χ2n) is 2.21. The van der Waals surface area contributed by atoms with E-state index in [1.54, 1.807) is 26.0 Å². The largest absolute Gasteiger partial charge is 0.475 e. The maximum absolute atomic E-state index is 10.9. The van der Waals surface area contributed by atoms with Gasteiger partial charge < -0.3 is 5.11 Å². The number of Topliss-reactive ketones (excluding diaryl/α,β-unsaturated/α-hetero) is 1. The van der Waals surface area contributed by atoms with Crippen LogP contribution < -0.4 is 0 Å². The lowest BCUT2D eigenvalue weighted by molar-refractivity contribution is -0.147. The minimum Gasteiger partial charge on any atom is -0.475 e. The van der Waals surface area contributed by atoms with Crippen molar-refractivity contribution in [1.82, 2.24) is 0 Å². The van der Waals surface area contributed by atoms with Gasteiger partial charge in [-0.1, -0.05) is 25.2 Å². The van der Waals surface area contributed by atoms with Gasteiger partial charge in [0.25, 0.3) is 5.78 Å². The van der Waals surface area contributed by atoms with Gasteiger partial charge in [-0.2, -0.15) is 0 Å². The predicted octanol–water partition coefficient (Wildman–Crippen LogP) is 1.55. The second kappa shape index (κ2) is 5.29. The van der Waals surface area contributed by atoms with Gasteiger partial charge in [-0.05, 0) is 13.3 Å². The van der Waals surface area contributed by atoms with Gasteiger partial charge in [0.1, 0.15) is 0 Å². The monoisotopic (exact) mass is 168 g/mol. The molecular weight excluding hydrogens is 156 g/mol. The third-order valence-electron chi connectivity index (χ3n) is 1.36. The third-order valence-corrected chi connectivity index (χ3v) is 1.36. The van der Waals surface area contributed by atoms with E-state index < -0.39 is 11.8 Å². The lowest BCUT2D eigenvalue weighted by atomic mass is 10.1. The predicted molar refractivity (Wildman–Crippen MR) is 45.8 cm³/mol. The highest BCUT2D eigenvalue weighted by Gasteiger charge is 2.14. The summed E-state index contributed by atoms with van der Waals surface area (Å²) in [5.41, 5.74) is 0.320. The Balaban J connectivity index is 4.56. The van der Waals surface area contributed by atoms with Crippen molar-refractivity contribution in [3.63, 3.8) is 0 Å². The molecule has 12 heavy (non-hydrogen) atoms. The molecule has 0 spiro atoms. The molecule has 0 rings (SSSR count). The van der Waals surface area contributed by atoms with Crippen LogP contribution in [0.3, 0.4) is 0 Å². The van der Waals surface area contributed by atoms with Gasteiger partial charge in [-0.15, -0.1) is 0 Å². The van der Waals surface area contributed by atoms with Crippen LogP contribution in [0.2, 0.25) is 0 Å². The highest BCUT2D eigenvalue weighted by molar-refractivity contribution is 6.39. The van der Waals surface area contributed by atoms with E-state index in [4.69, 9.17) is 5.11 Å². The number of carbonyl (C=O) groups excluding carboxylic acids is 1. The Bertz CT molecular complexity index is 236. The molecule has 0 aromatic carbocycles. The van der Waals surface area contributed by atoms with Crippen LogP contribution in [0.5, 0.6) is 0 Å². The molecule has 0 amide bonds. The number of carbonyl (C=O) groups is 2. The smallest absolute Gasteiger partial charge is 0.376 e. The molecule has 0 unspecified atom stereocenters. The normalized spacial score (nSPS) is 12.0. The number of hydrogen-bond donors (Lipinski definition) is 1. The van der Waals surface area contributed by atoms with Crippen LogP contribution in [0.4, 0.5) is 0 Å². The number of hydrogen-bond acceptors (Lipinski definition) is 2. The SMILES string of the molecule is C/C=C\C=C(/CC)C(=O)C(=O)O. The summed E-state index contributed by atoms with van der Waals surface area (Å²) in [6.45, 7) is 3.55. The average molecular weight is 168 g/mol. The molecule has 0 atom stereocenters. The topological polar surface area (TPSA) is 54.4 Å². The van der Waals surface area contributed by atoms with Gasteiger partial charge in [-0.3, -0.25) is 4.79 Å². The highest BCUT2D eigenvalue weighted by Crippen LogP contribution is 2.02. The van der Waals surface area contributed by atoms with Crippen LogP contribution in [0.1, 0.15) is 20.3 Å². The molecule has 3 nitrogen and oxygen atoms in total. The molecule has 1 N–H and O–H groups in total. The van der Waals surface area contributed by atoms with Crippen molar-refractivity contribution < 1.29 is 14.7 Å². The minimum atomic E-state index is -1.40. The van der Waals surface area contributed by atoms with Crippen molar-refractivity contribution in [3.8, 4) is 0 Å². The van der Waals surface area contributed by atoms with Crippen LogP contribution >= 0.6 is 0 Å². The number of rotatable bonds is 4. The molecule has 0 saturated carbocycles. The zero-order valence-electron chi connectivity index (χ0n) is 7.20. The van der Waals surface area contributed by atoms with E-state index in [2.05, 4.69) is 0 Å². The van der Waals surface area contributed by atoms with Crippen molar-refractivity contribution in [1.29, 1.82) is 0 Å². The van der Waals surface area contributed by atoms with Crippen LogP contribution in [-0.4, -0.2) is 16.9 Å². The van der Waals surface area contributed by atoms with Crippen molar-refractivity contribution in [2.24, 2.45) is 0 Å². The second-order valence-corrected chi connectivity index (χ2v) is 2.21. The number of allylic oxidation sites excluding steroid dienone is 3. The zero-order chi connectivity index (χ0) is 9.56. The first-order valence-corrected chi connectivity index (χ1v) is 3.73. The summed E-state index contributed by atoms with van der Waals surface area (Å²) in [5, 5.41) is 8.37. The first kappa shape index (κ1) is 10.6. The highest BCUT2D eigenvalue weighted by atomic mass is 16.4. The van der Waals surface area contributed by atoms with E-state index in [-0.39, 0.29) is 0 Å². The lowest BCUT2D eigenvalue weighted by Crippen LogP contribution is -2.14. The molecule has 0 radical (unpaired) electrons. The minimum absolute atomic E-state index is 0.320. The molecule has 0 saturated heterocycles. The fourth-order valence-electron chi connectivity index (χ4n) is 0.704. The fraction of sp³-hybridized carbons (Fsp3) is 0.333. The Labute approximate surface area is 71.4 Å². The third kappa shape index (κ3) is 3.14. The van der Waals surface area contributed by atoms with E-state index in [1.807, 2.05) is 0 Å². The standard InChI is InChI=1S/C9H12O3/c1-3-5-6-7(4-2)8(10)9(11)12/h3,5-6H,4H2,1-2H3,(H,11,12)/b5-3-,7-6+. The van der Waals surface area contributed by atoms with E-state index in [0.717, 1.165) is 0 Å². The van der Waals surface area contributed by atoms with Gasteiger partial charge in [0, 0.05) is 5.57 Å². The summed E-state index contributed by atoms with van der Waals surface area (Å²) < 4.78 is 0.